The molecule has 0 aliphatic carbocycles. The van der Waals surface area contributed by atoms with Crippen molar-refractivity contribution in [2.75, 3.05) is 59.4 Å². The Morgan fingerprint density at radius 2 is 1.45 bits per heavy atom. The molecule has 1 amide bonds. The fourth-order valence-electron chi connectivity index (χ4n) is 1.39. The van der Waals surface area contributed by atoms with Gasteiger partial charge in [-0.1, -0.05) is 6.92 Å². The van der Waals surface area contributed by atoms with Crippen molar-refractivity contribution in [2.45, 2.75) is 26.7 Å². The lowest BCUT2D eigenvalue weighted by atomic mass is 10.3. The average molecular weight is 319 g/mol. The van der Waals surface area contributed by atoms with Crippen molar-refractivity contribution in [3.05, 3.63) is 0 Å². The summed E-state index contributed by atoms with van der Waals surface area (Å²) >= 11 is 0. The number of ketones is 1. The molecular weight excluding hydrogens is 290 g/mol. The third-order valence-electron chi connectivity index (χ3n) is 2.65. The highest BCUT2D eigenvalue weighted by Gasteiger charge is 2.01. The van der Waals surface area contributed by atoms with E-state index in [1.807, 2.05) is 6.92 Å². The number of rotatable bonds is 16. The Kier molecular flexibility index (Phi) is 15.6. The van der Waals surface area contributed by atoms with Gasteiger partial charge in [0.05, 0.1) is 39.6 Å². The Morgan fingerprint density at radius 3 is 2.14 bits per heavy atom. The topological polar surface area (TPSA) is 83.1 Å². The van der Waals surface area contributed by atoms with Crippen LogP contribution in [0.25, 0.3) is 0 Å². The van der Waals surface area contributed by atoms with Crippen LogP contribution in [0.2, 0.25) is 0 Å². The fraction of sp³-hybridized carbons (Fsp3) is 0.867. The molecule has 0 aliphatic rings. The molecule has 0 aromatic heterocycles. The van der Waals surface area contributed by atoms with Gasteiger partial charge in [0, 0.05) is 26.0 Å². The number of carbonyl (C=O) groups excluding carboxylic acids is 2. The van der Waals surface area contributed by atoms with E-state index in [4.69, 9.17) is 18.9 Å². The number of amides is 1. The maximum Gasteiger partial charge on any atom is 0.222 e. The first-order chi connectivity index (χ1) is 10.7. The predicted octanol–water partition coefficient (Wildman–Crippen LogP) is 0.558. The second kappa shape index (κ2) is 16.4. The molecule has 0 spiro atoms. The minimum absolute atomic E-state index is 0.0650. The van der Waals surface area contributed by atoms with Gasteiger partial charge in [-0.3, -0.25) is 9.59 Å². The normalized spacial score (nSPS) is 10.6. The molecule has 0 aliphatic heterocycles. The highest BCUT2D eigenvalue weighted by Crippen LogP contribution is 1.86. The van der Waals surface area contributed by atoms with Gasteiger partial charge in [-0.2, -0.15) is 0 Å². The average Bonchev–Trinajstić information content (AvgIpc) is 2.52. The highest BCUT2D eigenvalue weighted by molar-refractivity contribution is 5.79. The number of Topliss-reactive ketones (excluding diaryl/α,β-unsaturated/α-hetero) is 1. The van der Waals surface area contributed by atoms with Gasteiger partial charge >= 0.3 is 0 Å². The van der Waals surface area contributed by atoms with Gasteiger partial charge in [0.2, 0.25) is 5.91 Å². The molecule has 0 aromatic carbocycles. The van der Waals surface area contributed by atoms with E-state index in [0.717, 1.165) is 0 Å². The second-order valence-electron chi connectivity index (χ2n) is 4.47. The Morgan fingerprint density at radius 1 is 0.818 bits per heavy atom. The van der Waals surface area contributed by atoms with Crippen LogP contribution >= 0.6 is 0 Å². The summed E-state index contributed by atoms with van der Waals surface area (Å²) in [6.07, 6.45) is 0.816. The van der Waals surface area contributed by atoms with E-state index in [-0.39, 0.29) is 18.3 Å². The molecule has 130 valence electrons. The van der Waals surface area contributed by atoms with Crippen LogP contribution in [-0.4, -0.2) is 71.1 Å². The van der Waals surface area contributed by atoms with E-state index >= 15 is 0 Å². The molecule has 1 N–H and O–H groups in total. The van der Waals surface area contributed by atoms with Crippen LogP contribution in [-0.2, 0) is 28.5 Å². The Hall–Kier alpha value is -1.02. The Bertz CT molecular complexity index is 285. The highest BCUT2D eigenvalue weighted by atomic mass is 16.5. The maximum atomic E-state index is 11.4. The van der Waals surface area contributed by atoms with Crippen LogP contribution in [0.15, 0.2) is 0 Å². The third-order valence-corrected chi connectivity index (χ3v) is 2.65. The standard InChI is InChI=1S/C15H29NO6/c1-3-14(17)13-22-12-11-21-8-6-16-15(18)5-7-20-10-9-19-4-2/h3-13H2,1-2H3,(H,16,18). The van der Waals surface area contributed by atoms with E-state index in [2.05, 4.69) is 5.32 Å². The van der Waals surface area contributed by atoms with Crippen molar-refractivity contribution < 1.29 is 28.5 Å². The number of hydrogen-bond donors (Lipinski definition) is 1. The quantitative estimate of drug-likeness (QED) is 0.419. The Balaban J connectivity index is 3.20. The van der Waals surface area contributed by atoms with Crippen LogP contribution in [0.5, 0.6) is 0 Å². The summed E-state index contributed by atoms with van der Waals surface area (Å²) in [4.78, 5) is 22.4. The van der Waals surface area contributed by atoms with Gasteiger partial charge in [-0.25, -0.2) is 0 Å². The van der Waals surface area contributed by atoms with Gasteiger partial charge in [-0.05, 0) is 6.92 Å². The summed E-state index contributed by atoms with van der Waals surface area (Å²) in [7, 11) is 0. The molecule has 0 radical (unpaired) electrons. The largest absolute Gasteiger partial charge is 0.379 e. The first-order valence-electron chi connectivity index (χ1n) is 7.80. The van der Waals surface area contributed by atoms with E-state index in [9.17, 15) is 9.59 Å². The molecule has 0 atom stereocenters. The zero-order valence-electron chi connectivity index (χ0n) is 13.7. The third kappa shape index (κ3) is 15.4. The molecule has 0 unspecified atom stereocenters. The zero-order chi connectivity index (χ0) is 16.5. The first-order valence-corrected chi connectivity index (χ1v) is 7.80. The summed E-state index contributed by atoms with van der Waals surface area (Å²) in [5.41, 5.74) is 0. The molecule has 22 heavy (non-hydrogen) atoms. The molecular formula is C15H29NO6. The van der Waals surface area contributed by atoms with Crippen LogP contribution in [0, 0.1) is 0 Å². The van der Waals surface area contributed by atoms with Crippen molar-refractivity contribution in [3.8, 4) is 0 Å². The van der Waals surface area contributed by atoms with E-state index < -0.39 is 0 Å². The van der Waals surface area contributed by atoms with E-state index in [1.165, 1.54) is 0 Å². The number of carbonyl (C=O) groups is 2. The molecule has 0 heterocycles. The lowest BCUT2D eigenvalue weighted by Gasteiger charge is -2.07. The van der Waals surface area contributed by atoms with Crippen molar-refractivity contribution in [1.82, 2.24) is 5.32 Å². The summed E-state index contributed by atoms with van der Waals surface area (Å²) in [6, 6.07) is 0. The Labute approximate surface area is 132 Å². The zero-order valence-corrected chi connectivity index (χ0v) is 13.7. The van der Waals surface area contributed by atoms with Gasteiger partial charge < -0.3 is 24.3 Å². The summed E-state index contributed by atoms with van der Waals surface area (Å²) in [5, 5.41) is 2.73. The van der Waals surface area contributed by atoms with E-state index in [0.29, 0.717) is 65.6 Å². The molecule has 0 aromatic rings. The van der Waals surface area contributed by atoms with Crippen molar-refractivity contribution in [3.63, 3.8) is 0 Å². The van der Waals surface area contributed by atoms with Gasteiger partial charge in [0.15, 0.2) is 5.78 Å². The summed E-state index contributed by atoms with van der Waals surface area (Å²) in [5.74, 6) is 0.0144. The fourth-order valence-corrected chi connectivity index (χ4v) is 1.39. The summed E-state index contributed by atoms with van der Waals surface area (Å²) in [6.45, 7) is 7.64. The van der Waals surface area contributed by atoms with Crippen molar-refractivity contribution >= 4 is 11.7 Å². The molecule has 0 rings (SSSR count). The van der Waals surface area contributed by atoms with Crippen LogP contribution in [0.3, 0.4) is 0 Å². The first kappa shape index (κ1) is 21.0. The lowest BCUT2D eigenvalue weighted by molar-refractivity contribution is -0.124. The van der Waals surface area contributed by atoms with Crippen molar-refractivity contribution in [2.24, 2.45) is 0 Å². The number of hydrogen-bond acceptors (Lipinski definition) is 6. The molecule has 7 heteroatoms. The summed E-state index contributed by atoms with van der Waals surface area (Å²) < 4.78 is 20.7. The smallest absolute Gasteiger partial charge is 0.222 e. The SMILES string of the molecule is CCOCCOCCC(=O)NCCOCCOCC(=O)CC. The molecule has 0 fully saturated rings. The number of nitrogens with one attached hydrogen (secondary N) is 1. The monoisotopic (exact) mass is 319 g/mol. The van der Waals surface area contributed by atoms with Crippen LogP contribution in [0.1, 0.15) is 26.7 Å². The predicted molar refractivity (Wildman–Crippen MR) is 81.9 cm³/mol. The minimum Gasteiger partial charge on any atom is -0.379 e. The molecule has 0 bridgehead atoms. The van der Waals surface area contributed by atoms with Crippen LogP contribution in [0.4, 0.5) is 0 Å². The van der Waals surface area contributed by atoms with Crippen LogP contribution < -0.4 is 5.32 Å². The van der Waals surface area contributed by atoms with Gasteiger partial charge in [-0.15, -0.1) is 0 Å². The van der Waals surface area contributed by atoms with Gasteiger partial charge in [0.1, 0.15) is 6.61 Å². The molecule has 0 saturated carbocycles. The molecule has 7 nitrogen and oxygen atoms in total. The minimum atomic E-state index is -0.0650. The van der Waals surface area contributed by atoms with Gasteiger partial charge in [0.25, 0.3) is 0 Å². The van der Waals surface area contributed by atoms with Crippen molar-refractivity contribution in [1.29, 1.82) is 0 Å². The van der Waals surface area contributed by atoms with E-state index in [1.54, 1.807) is 6.92 Å². The second-order valence-corrected chi connectivity index (χ2v) is 4.47. The molecule has 0 saturated heterocycles. The maximum absolute atomic E-state index is 11.4. The number of ether oxygens (including phenoxy) is 4. The lowest BCUT2D eigenvalue weighted by Crippen LogP contribution is -2.28.